The van der Waals surface area contributed by atoms with E-state index < -0.39 is 5.91 Å². The molecule has 29 heavy (non-hydrogen) atoms. The highest BCUT2D eigenvalue weighted by Gasteiger charge is 2.17. The maximum absolute atomic E-state index is 12.9. The van der Waals surface area contributed by atoms with Gasteiger partial charge in [0, 0.05) is 24.4 Å². The van der Waals surface area contributed by atoms with Gasteiger partial charge in [0.2, 0.25) is 0 Å². The van der Waals surface area contributed by atoms with Gasteiger partial charge in [-0.05, 0) is 31.2 Å². The number of hydrogen-bond donors (Lipinski definition) is 1. The van der Waals surface area contributed by atoms with E-state index in [0.717, 1.165) is 11.0 Å². The van der Waals surface area contributed by atoms with E-state index in [1.165, 1.54) is 17.7 Å². The summed E-state index contributed by atoms with van der Waals surface area (Å²) in [7, 11) is 3.07. The highest BCUT2D eigenvalue weighted by atomic mass is 16.5. The molecule has 0 radical (unpaired) electrons. The van der Waals surface area contributed by atoms with Gasteiger partial charge in [0.05, 0.1) is 25.3 Å². The molecule has 4 aromatic rings. The van der Waals surface area contributed by atoms with Crippen LogP contribution in [0.15, 0.2) is 53.3 Å². The molecule has 0 aliphatic rings. The van der Waals surface area contributed by atoms with E-state index in [9.17, 15) is 9.59 Å². The first-order valence-electron chi connectivity index (χ1n) is 9.12. The van der Waals surface area contributed by atoms with Gasteiger partial charge in [0.15, 0.2) is 17.2 Å². The van der Waals surface area contributed by atoms with Crippen molar-refractivity contribution < 1.29 is 14.3 Å². The summed E-state index contributed by atoms with van der Waals surface area (Å²) >= 11 is 0. The first-order chi connectivity index (χ1) is 14.1. The average Bonchev–Trinajstić information content (AvgIpc) is 3.20. The number of hydrogen-bond acceptors (Lipinski definition) is 5. The van der Waals surface area contributed by atoms with E-state index in [2.05, 4.69) is 10.4 Å². The van der Waals surface area contributed by atoms with Crippen LogP contribution in [0.2, 0.25) is 0 Å². The van der Waals surface area contributed by atoms with Gasteiger partial charge < -0.3 is 19.4 Å². The van der Waals surface area contributed by atoms with Gasteiger partial charge in [0.25, 0.3) is 11.5 Å². The summed E-state index contributed by atoms with van der Waals surface area (Å²) < 4.78 is 13.7. The van der Waals surface area contributed by atoms with Crippen LogP contribution in [0.4, 0.5) is 5.69 Å². The van der Waals surface area contributed by atoms with E-state index in [1.54, 1.807) is 29.9 Å². The standard InChI is InChI=1S/C21H20N4O4/c1-4-24-15-7-5-6-8-16(15)25-17(21(24)27)12-14(23-25)20(26)22-13-9-10-18(28-2)19(11-13)29-3/h5-12H,4H2,1-3H3,(H,22,26). The number of nitrogens with zero attached hydrogens (tertiary/aromatic N) is 3. The summed E-state index contributed by atoms with van der Waals surface area (Å²) in [5, 5.41) is 7.17. The molecule has 0 fully saturated rings. The number of fused-ring (bicyclic) bond motifs is 3. The number of benzene rings is 2. The van der Waals surface area contributed by atoms with Gasteiger partial charge in [-0.15, -0.1) is 0 Å². The summed E-state index contributed by atoms with van der Waals surface area (Å²) in [6, 6.07) is 14.1. The first kappa shape index (κ1) is 18.5. The van der Waals surface area contributed by atoms with E-state index >= 15 is 0 Å². The Kier molecular flexibility index (Phi) is 4.67. The zero-order chi connectivity index (χ0) is 20.5. The summed E-state index contributed by atoms with van der Waals surface area (Å²) in [5.74, 6) is 0.634. The summed E-state index contributed by atoms with van der Waals surface area (Å²) in [6.45, 7) is 2.43. The molecule has 4 rings (SSSR count). The number of anilines is 1. The van der Waals surface area contributed by atoms with Gasteiger partial charge in [-0.3, -0.25) is 9.59 Å². The molecule has 2 aromatic carbocycles. The van der Waals surface area contributed by atoms with Crippen molar-refractivity contribution in [3.8, 4) is 11.5 Å². The molecule has 0 unspecified atom stereocenters. The number of para-hydroxylation sites is 2. The number of aromatic nitrogens is 3. The van der Waals surface area contributed by atoms with Crippen molar-refractivity contribution >= 4 is 28.1 Å². The molecule has 0 saturated heterocycles. The monoisotopic (exact) mass is 392 g/mol. The van der Waals surface area contributed by atoms with Crippen molar-refractivity contribution in [3.05, 3.63) is 64.6 Å². The van der Waals surface area contributed by atoms with Crippen LogP contribution < -0.4 is 20.3 Å². The molecular formula is C21H20N4O4. The van der Waals surface area contributed by atoms with Crippen LogP contribution in [0.5, 0.6) is 11.5 Å². The van der Waals surface area contributed by atoms with Crippen LogP contribution in [-0.4, -0.2) is 34.3 Å². The van der Waals surface area contributed by atoms with Crippen molar-refractivity contribution in [1.82, 2.24) is 14.2 Å². The quantitative estimate of drug-likeness (QED) is 0.564. The van der Waals surface area contributed by atoms with Gasteiger partial charge in [-0.2, -0.15) is 5.10 Å². The number of methoxy groups -OCH3 is 2. The molecule has 1 amide bonds. The van der Waals surface area contributed by atoms with Gasteiger partial charge in [0.1, 0.15) is 5.52 Å². The fourth-order valence-corrected chi connectivity index (χ4v) is 3.37. The van der Waals surface area contributed by atoms with Gasteiger partial charge >= 0.3 is 0 Å². The number of rotatable bonds is 5. The third kappa shape index (κ3) is 3.08. The SMILES string of the molecule is CCn1c(=O)c2cc(C(=O)Nc3ccc(OC)c(OC)c3)nn2c2ccccc21. The molecule has 8 nitrogen and oxygen atoms in total. The number of carbonyl (C=O) groups excluding carboxylic acids is 1. The molecule has 8 heteroatoms. The zero-order valence-electron chi connectivity index (χ0n) is 16.3. The van der Waals surface area contributed by atoms with Gasteiger partial charge in [-0.1, -0.05) is 12.1 Å². The Morgan fingerprint density at radius 2 is 1.72 bits per heavy atom. The van der Waals surface area contributed by atoms with Crippen molar-refractivity contribution in [1.29, 1.82) is 0 Å². The second kappa shape index (κ2) is 7.31. The number of ether oxygens (including phenoxy) is 2. The maximum Gasteiger partial charge on any atom is 0.277 e. The van der Waals surface area contributed by atoms with Crippen LogP contribution in [0.1, 0.15) is 17.4 Å². The average molecular weight is 392 g/mol. The van der Waals surface area contributed by atoms with Crippen LogP contribution in [0, 0.1) is 0 Å². The van der Waals surface area contributed by atoms with Crippen molar-refractivity contribution in [3.63, 3.8) is 0 Å². The molecule has 0 atom stereocenters. The van der Waals surface area contributed by atoms with E-state index in [0.29, 0.717) is 29.2 Å². The van der Waals surface area contributed by atoms with E-state index in [4.69, 9.17) is 9.47 Å². The van der Waals surface area contributed by atoms with Crippen molar-refractivity contribution in [2.45, 2.75) is 13.5 Å². The molecule has 148 valence electrons. The minimum Gasteiger partial charge on any atom is -0.493 e. The number of amides is 1. The Bertz CT molecular complexity index is 1290. The normalized spacial score (nSPS) is 11.0. The Labute approximate surface area is 166 Å². The number of aryl methyl sites for hydroxylation is 1. The third-order valence-corrected chi connectivity index (χ3v) is 4.76. The third-order valence-electron chi connectivity index (χ3n) is 4.76. The Morgan fingerprint density at radius 1 is 1.00 bits per heavy atom. The van der Waals surface area contributed by atoms with Crippen LogP contribution in [0.3, 0.4) is 0 Å². The molecule has 0 spiro atoms. The Morgan fingerprint density at radius 3 is 2.41 bits per heavy atom. The molecular weight excluding hydrogens is 372 g/mol. The second-order valence-corrected chi connectivity index (χ2v) is 6.39. The van der Waals surface area contributed by atoms with Crippen LogP contribution in [-0.2, 0) is 6.54 Å². The molecule has 0 aliphatic carbocycles. The highest BCUT2D eigenvalue weighted by molar-refractivity contribution is 6.04. The van der Waals surface area contributed by atoms with E-state index in [-0.39, 0.29) is 11.3 Å². The lowest BCUT2D eigenvalue weighted by molar-refractivity contribution is 0.102. The lowest BCUT2D eigenvalue weighted by atomic mass is 10.2. The lowest BCUT2D eigenvalue weighted by Gasteiger charge is -2.10. The molecule has 2 aromatic heterocycles. The molecule has 0 saturated carbocycles. The largest absolute Gasteiger partial charge is 0.493 e. The van der Waals surface area contributed by atoms with Crippen molar-refractivity contribution in [2.24, 2.45) is 0 Å². The minimum atomic E-state index is -0.424. The van der Waals surface area contributed by atoms with Crippen molar-refractivity contribution in [2.75, 3.05) is 19.5 Å². The van der Waals surface area contributed by atoms with Gasteiger partial charge in [-0.25, -0.2) is 4.52 Å². The number of carbonyl (C=O) groups is 1. The first-order valence-corrected chi connectivity index (χ1v) is 9.12. The maximum atomic E-state index is 12.9. The predicted octanol–water partition coefficient (Wildman–Crippen LogP) is 2.94. The Balaban J connectivity index is 1.77. The molecule has 2 heterocycles. The fraction of sp³-hybridized carbons (Fsp3) is 0.190. The predicted molar refractivity (Wildman–Crippen MR) is 110 cm³/mol. The second-order valence-electron chi connectivity index (χ2n) is 6.39. The minimum absolute atomic E-state index is 0.149. The summed E-state index contributed by atoms with van der Waals surface area (Å²) in [6.07, 6.45) is 0. The molecule has 0 aliphatic heterocycles. The summed E-state index contributed by atoms with van der Waals surface area (Å²) in [4.78, 5) is 25.6. The zero-order valence-corrected chi connectivity index (χ0v) is 16.3. The smallest absolute Gasteiger partial charge is 0.277 e. The molecule has 0 bridgehead atoms. The van der Waals surface area contributed by atoms with Crippen LogP contribution in [0.25, 0.3) is 16.6 Å². The van der Waals surface area contributed by atoms with E-state index in [1.807, 2.05) is 31.2 Å². The Hall–Kier alpha value is -3.81. The summed E-state index contributed by atoms with van der Waals surface area (Å²) in [5.41, 5.74) is 2.36. The highest BCUT2D eigenvalue weighted by Crippen LogP contribution is 2.30. The lowest BCUT2D eigenvalue weighted by Crippen LogP contribution is -2.22. The molecule has 1 N–H and O–H groups in total. The topological polar surface area (TPSA) is 86.9 Å². The van der Waals surface area contributed by atoms with Crippen LogP contribution >= 0.6 is 0 Å². The fourth-order valence-electron chi connectivity index (χ4n) is 3.37. The number of nitrogens with one attached hydrogen (secondary N) is 1.